The van der Waals surface area contributed by atoms with E-state index >= 15 is 0 Å². The third-order valence-corrected chi connectivity index (χ3v) is 5.18. The third-order valence-electron chi connectivity index (χ3n) is 5.18. The number of likely N-dealkylation sites (tertiary alicyclic amines) is 2. The lowest BCUT2D eigenvalue weighted by molar-refractivity contribution is 0.0274. The Hall–Kier alpha value is -1.98. The van der Waals surface area contributed by atoms with E-state index in [0.717, 1.165) is 30.6 Å². The third kappa shape index (κ3) is 3.67. The van der Waals surface area contributed by atoms with Crippen LogP contribution in [0.2, 0.25) is 0 Å². The minimum Gasteiger partial charge on any atom is -0.444 e. The van der Waals surface area contributed by atoms with Crippen molar-refractivity contribution in [3.63, 3.8) is 0 Å². The minimum absolute atomic E-state index is 0.0160. The standard InChI is InChI=1S/C19H29N3O3/c1-13-10-14(2)20-15(13)16(23)21-8-6-19(11-21)7-9-22(12-19)17(24)25-18(3,4)5/h10,20H,6-9,11-12H2,1-5H3. The van der Waals surface area contributed by atoms with Gasteiger partial charge in [-0.2, -0.15) is 0 Å². The van der Waals surface area contributed by atoms with Gasteiger partial charge in [0.2, 0.25) is 0 Å². The first-order chi connectivity index (χ1) is 11.6. The van der Waals surface area contributed by atoms with Crippen LogP contribution < -0.4 is 0 Å². The molecular formula is C19H29N3O3. The molecule has 0 aliphatic carbocycles. The van der Waals surface area contributed by atoms with Gasteiger partial charge in [0.1, 0.15) is 11.3 Å². The van der Waals surface area contributed by atoms with Crippen LogP contribution in [0.5, 0.6) is 0 Å². The fourth-order valence-electron chi connectivity index (χ4n) is 3.97. The molecule has 2 saturated heterocycles. The number of carbonyl (C=O) groups excluding carboxylic acids is 2. The number of amides is 2. The van der Waals surface area contributed by atoms with Gasteiger partial charge in [-0.1, -0.05) is 0 Å². The molecule has 1 aromatic rings. The van der Waals surface area contributed by atoms with E-state index in [-0.39, 0.29) is 17.4 Å². The van der Waals surface area contributed by atoms with E-state index in [1.165, 1.54) is 0 Å². The zero-order valence-electron chi connectivity index (χ0n) is 15.9. The largest absolute Gasteiger partial charge is 0.444 e. The van der Waals surface area contributed by atoms with Crippen LogP contribution >= 0.6 is 0 Å². The second-order valence-corrected chi connectivity index (χ2v) is 8.64. The molecule has 6 heteroatoms. The summed E-state index contributed by atoms with van der Waals surface area (Å²) < 4.78 is 5.49. The van der Waals surface area contributed by atoms with E-state index in [1.54, 1.807) is 4.90 Å². The fraction of sp³-hybridized carbons (Fsp3) is 0.684. The molecule has 1 N–H and O–H groups in total. The number of aryl methyl sites for hydroxylation is 2. The van der Waals surface area contributed by atoms with E-state index in [2.05, 4.69) is 4.98 Å². The first-order valence-corrected chi connectivity index (χ1v) is 9.02. The van der Waals surface area contributed by atoms with Gasteiger partial charge in [0.05, 0.1) is 0 Å². The number of hydrogen-bond acceptors (Lipinski definition) is 3. The Morgan fingerprint density at radius 1 is 1.12 bits per heavy atom. The Bertz CT molecular complexity index is 689. The van der Waals surface area contributed by atoms with Crippen molar-refractivity contribution in [3.05, 3.63) is 23.0 Å². The highest BCUT2D eigenvalue weighted by Crippen LogP contribution is 2.40. The number of ether oxygens (including phenoxy) is 1. The van der Waals surface area contributed by atoms with Crippen molar-refractivity contribution < 1.29 is 14.3 Å². The van der Waals surface area contributed by atoms with E-state index in [1.807, 2.05) is 45.6 Å². The molecule has 0 radical (unpaired) electrons. The maximum Gasteiger partial charge on any atom is 0.410 e. The Kier molecular flexibility index (Phi) is 4.33. The topological polar surface area (TPSA) is 65.6 Å². The molecule has 1 atom stereocenters. The van der Waals surface area contributed by atoms with Crippen molar-refractivity contribution in [1.29, 1.82) is 0 Å². The predicted octanol–water partition coefficient (Wildman–Crippen LogP) is 3.10. The summed E-state index contributed by atoms with van der Waals surface area (Å²) in [5, 5.41) is 0. The zero-order valence-corrected chi connectivity index (χ0v) is 15.9. The molecule has 0 aromatic carbocycles. The smallest absolute Gasteiger partial charge is 0.410 e. The predicted molar refractivity (Wildman–Crippen MR) is 95.6 cm³/mol. The molecule has 3 rings (SSSR count). The second kappa shape index (κ2) is 6.07. The van der Waals surface area contributed by atoms with Crippen LogP contribution in [0.25, 0.3) is 0 Å². The first-order valence-electron chi connectivity index (χ1n) is 9.02. The number of nitrogens with one attached hydrogen (secondary N) is 1. The van der Waals surface area contributed by atoms with Crippen LogP contribution in [0.15, 0.2) is 6.07 Å². The highest BCUT2D eigenvalue weighted by molar-refractivity contribution is 5.94. The number of carbonyl (C=O) groups is 2. The SMILES string of the molecule is Cc1cc(C)c(C(=O)N2CCC3(CCN(C(=O)OC(C)(C)C)C3)C2)[nH]1. The highest BCUT2D eigenvalue weighted by Gasteiger charge is 2.47. The molecule has 138 valence electrons. The molecule has 6 nitrogen and oxygen atoms in total. The maximum atomic E-state index is 12.8. The number of H-pyrrole nitrogens is 1. The summed E-state index contributed by atoms with van der Waals surface area (Å²) in [7, 11) is 0. The molecule has 25 heavy (non-hydrogen) atoms. The van der Waals surface area contributed by atoms with Gasteiger partial charge in [0.25, 0.3) is 5.91 Å². The molecule has 1 unspecified atom stereocenters. The summed E-state index contributed by atoms with van der Waals surface area (Å²) in [5.74, 6) is 0.0678. The zero-order chi connectivity index (χ0) is 18.4. The van der Waals surface area contributed by atoms with Crippen molar-refractivity contribution in [1.82, 2.24) is 14.8 Å². The first kappa shape index (κ1) is 17.8. The lowest BCUT2D eigenvalue weighted by Crippen LogP contribution is -2.38. The minimum atomic E-state index is -0.479. The van der Waals surface area contributed by atoms with Crippen molar-refractivity contribution in [2.24, 2.45) is 5.41 Å². The summed E-state index contributed by atoms with van der Waals surface area (Å²) >= 11 is 0. The van der Waals surface area contributed by atoms with Gasteiger partial charge in [-0.25, -0.2) is 4.79 Å². The van der Waals surface area contributed by atoms with Crippen molar-refractivity contribution in [3.8, 4) is 0 Å². The van der Waals surface area contributed by atoms with E-state index in [0.29, 0.717) is 25.3 Å². The van der Waals surface area contributed by atoms with Crippen LogP contribution in [-0.2, 0) is 4.74 Å². The molecule has 0 saturated carbocycles. The highest BCUT2D eigenvalue weighted by atomic mass is 16.6. The fourth-order valence-corrected chi connectivity index (χ4v) is 3.97. The maximum absolute atomic E-state index is 12.8. The monoisotopic (exact) mass is 347 g/mol. The van der Waals surface area contributed by atoms with Gasteiger partial charge in [0.15, 0.2) is 0 Å². The van der Waals surface area contributed by atoms with Crippen LogP contribution in [0.1, 0.15) is 55.4 Å². The van der Waals surface area contributed by atoms with Gasteiger partial charge < -0.3 is 19.5 Å². The Morgan fingerprint density at radius 3 is 2.28 bits per heavy atom. The van der Waals surface area contributed by atoms with Crippen LogP contribution in [-0.4, -0.2) is 58.6 Å². The molecule has 1 spiro atoms. The summed E-state index contributed by atoms with van der Waals surface area (Å²) in [6.45, 7) is 12.4. The molecule has 2 fully saturated rings. The molecular weight excluding hydrogens is 318 g/mol. The summed E-state index contributed by atoms with van der Waals surface area (Å²) in [6, 6.07) is 2.00. The van der Waals surface area contributed by atoms with Crippen LogP contribution in [0.4, 0.5) is 4.79 Å². The van der Waals surface area contributed by atoms with Gasteiger partial charge in [0, 0.05) is 37.3 Å². The van der Waals surface area contributed by atoms with Crippen molar-refractivity contribution in [2.45, 2.75) is 53.1 Å². The van der Waals surface area contributed by atoms with Gasteiger partial charge in [-0.05, 0) is 59.1 Å². The van der Waals surface area contributed by atoms with E-state index in [4.69, 9.17) is 4.74 Å². The molecule has 2 aliphatic heterocycles. The van der Waals surface area contributed by atoms with Gasteiger partial charge in [-0.3, -0.25) is 4.79 Å². The van der Waals surface area contributed by atoms with E-state index in [9.17, 15) is 9.59 Å². The van der Waals surface area contributed by atoms with Crippen molar-refractivity contribution >= 4 is 12.0 Å². The molecule has 1 aromatic heterocycles. The average molecular weight is 347 g/mol. The number of hydrogen-bond donors (Lipinski definition) is 1. The van der Waals surface area contributed by atoms with Crippen LogP contribution in [0, 0.1) is 19.3 Å². The average Bonchev–Trinajstić information content (AvgIpc) is 3.17. The number of aromatic amines is 1. The summed E-state index contributed by atoms with van der Waals surface area (Å²) in [4.78, 5) is 32.0. The van der Waals surface area contributed by atoms with Crippen molar-refractivity contribution in [2.75, 3.05) is 26.2 Å². The Morgan fingerprint density at radius 2 is 1.72 bits per heavy atom. The Labute approximate surface area is 149 Å². The summed E-state index contributed by atoms with van der Waals surface area (Å²) in [6.07, 6.45) is 1.63. The Balaban J connectivity index is 1.64. The number of aromatic nitrogens is 1. The molecule has 0 bridgehead atoms. The molecule has 2 amide bonds. The molecule has 3 heterocycles. The lowest BCUT2D eigenvalue weighted by Gasteiger charge is -2.27. The normalized spacial score (nSPS) is 23.6. The second-order valence-electron chi connectivity index (χ2n) is 8.64. The van der Waals surface area contributed by atoms with Gasteiger partial charge >= 0.3 is 6.09 Å². The lowest BCUT2D eigenvalue weighted by atomic mass is 9.86. The van der Waals surface area contributed by atoms with E-state index < -0.39 is 5.60 Å². The van der Waals surface area contributed by atoms with Crippen LogP contribution in [0.3, 0.4) is 0 Å². The quantitative estimate of drug-likeness (QED) is 0.849. The number of rotatable bonds is 1. The summed E-state index contributed by atoms with van der Waals surface area (Å²) in [5.41, 5.74) is 2.23. The molecule has 2 aliphatic rings. The number of nitrogens with zero attached hydrogens (tertiary/aromatic N) is 2. The van der Waals surface area contributed by atoms with Gasteiger partial charge in [-0.15, -0.1) is 0 Å².